The van der Waals surface area contributed by atoms with Gasteiger partial charge >= 0.3 is 0 Å². The lowest BCUT2D eigenvalue weighted by atomic mass is 10.2. The minimum Gasteiger partial charge on any atom is -0.492 e. The molecule has 2 aromatic rings. The maximum absolute atomic E-state index is 12.0. The minimum absolute atomic E-state index is 0.217. The van der Waals surface area contributed by atoms with E-state index in [1.54, 1.807) is 30.3 Å². The summed E-state index contributed by atoms with van der Waals surface area (Å²) in [6, 6.07) is 10.0. The Kier molecular flexibility index (Phi) is 4.79. The molecule has 1 heterocycles. The van der Waals surface area contributed by atoms with Gasteiger partial charge in [0.05, 0.1) is 17.1 Å². The first-order valence-corrected chi connectivity index (χ1v) is 7.65. The fourth-order valence-corrected chi connectivity index (χ4v) is 2.44. The van der Waals surface area contributed by atoms with Crippen LogP contribution in [0.15, 0.2) is 36.4 Å². The van der Waals surface area contributed by atoms with Gasteiger partial charge in [0.15, 0.2) is 11.5 Å². The Balaban J connectivity index is 1.50. The van der Waals surface area contributed by atoms with Crippen LogP contribution in [0.4, 0.5) is 0 Å². The first kappa shape index (κ1) is 15.8. The van der Waals surface area contributed by atoms with Gasteiger partial charge in [-0.1, -0.05) is 23.2 Å². The fraction of sp³-hybridized carbons (Fsp3) is 0.188. The number of benzene rings is 2. The summed E-state index contributed by atoms with van der Waals surface area (Å²) >= 11 is 11.8. The smallest absolute Gasteiger partial charge is 0.252 e. The Labute approximate surface area is 143 Å². The van der Waals surface area contributed by atoms with E-state index in [0.29, 0.717) is 46.0 Å². The van der Waals surface area contributed by atoms with Crippen molar-refractivity contribution in [3.8, 4) is 17.2 Å². The van der Waals surface area contributed by atoms with E-state index in [1.165, 1.54) is 6.07 Å². The first-order chi connectivity index (χ1) is 11.1. The Hall–Kier alpha value is -2.11. The number of carbonyl (C=O) groups is 1. The SMILES string of the molecule is O=C(NCCOc1ccc2c(c1)OCO2)c1cc(Cl)ccc1Cl. The van der Waals surface area contributed by atoms with E-state index in [2.05, 4.69) is 5.32 Å². The summed E-state index contributed by atoms with van der Waals surface area (Å²) in [7, 11) is 0. The molecule has 0 saturated carbocycles. The number of amides is 1. The van der Waals surface area contributed by atoms with Gasteiger partial charge in [0.2, 0.25) is 6.79 Å². The van der Waals surface area contributed by atoms with Crippen molar-refractivity contribution in [3.05, 3.63) is 52.0 Å². The molecule has 0 unspecified atom stereocenters. The van der Waals surface area contributed by atoms with Crippen LogP contribution in [0.25, 0.3) is 0 Å². The molecule has 2 aromatic carbocycles. The van der Waals surface area contributed by atoms with Gasteiger partial charge in [-0.2, -0.15) is 0 Å². The predicted molar refractivity (Wildman–Crippen MR) is 86.9 cm³/mol. The summed E-state index contributed by atoms with van der Waals surface area (Å²) in [5.41, 5.74) is 0.335. The molecule has 120 valence electrons. The van der Waals surface area contributed by atoms with Crippen LogP contribution in [0.1, 0.15) is 10.4 Å². The summed E-state index contributed by atoms with van der Waals surface area (Å²) < 4.78 is 16.1. The molecule has 0 spiro atoms. The summed E-state index contributed by atoms with van der Waals surface area (Å²) in [4.78, 5) is 12.0. The summed E-state index contributed by atoms with van der Waals surface area (Å²) in [5, 5.41) is 3.53. The Morgan fingerprint density at radius 2 is 1.96 bits per heavy atom. The van der Waals surface area contributed by atoms with Crippen molar-refractivity contribution in [2.45, 2.75) is 0 Å². The van der Waals surface area contributed by atoms with Crippen LogP contribution in [0.3, 0.4) is 0 Å². The van der Waals surface area contributed by atoms with Crippen molar-refractivity contribution in [3.63, 3.8) is 0 Å². The van der Waals surface area contributed by atoms with Crippen LogP contribution in [0.5, 0.6) is 17.2 Å². The maximum Gasteiger partial charge on any atom is 0.252 e. The van der Waals surface area contributed by atoms with Gasteiger partial charge in [0, 0.05) is 11.1 Å². The number of rotatable bonds is 5. The molecule has 5 nitrogen and oxygen atoms in total. The predicted octanol–water partition coefficient (Wildman–Crippen LogP) is 3.53. The van der Waals surface area contributed by atoms with Crippen molar-refractivity contribution < 1.29 is 19.0 Å². The zero-order chi connectivity index (χ0) is 16.2. The molecule has 0 atom stereocenters. The molecule has 0 radical (unpaired) electrons. The number of fused-ring (bicyclic) bond motifs is 1. The lowest BCUT2D eigenvalue weighted by Crippen LogP contribution is -2.28. The van der Waals surface area contributed by atoms with Crippen LogP contribution in [-0.2, 0) is 0 Å². The molecule has 0 aromatic heterocycles. The van der Waals surface area contributed by atoms with Gasteiger partial charge in [-0.15, -0.1) is 0 Å². The average molecular weight is 354 g/mol. The molecule has 1 aliphatic heterocycles. The molecule has 1 N–H and O–H groups in total. The van der Waals surface area contributed by atoms with Gasteiger partial charge in [-0.25, -0.2) is 0 Å². The normalized spacial score (nSPS) is 12.1. The van der Waals surface area contributed by atoms with Crippen molar-refractivity contribution in [1.29, 1.82) is 0 Å². The van der Waals surface area contributed by atoms with Gasteiger partial charge in [0.25, 0.3) is 5.91 Å². The number of nitrogens with one attached hydrogen (secondary N) is 1. The number of hydrogen-bond acceptors (Lipinski definition) is 4. The van der Waals surface area contributed by atoms with Gasteiger partial charge < -0.3 is 19.5 Å². The average Bonchev–Trinajstić information content (AvgIpc) is 3.01. The number of ether oxygens (including phenoxy) is 3. The Bertz CT molecular complexity index is 736. The molecule has 7 heteroatoms. The molecule has 0 saturated heterocycles. The van der Waals surface area contributed by atoms with E-state index in [-0.39, 0.29) is 12.7 Å². The van der Waals surface area contributed by atoms with E-state index in [0.717, 1.165) is 0 Å². The maximum atomic E-state index is 12.0. The van der Waals surface area contributed by atoms with Crippen LogP contribution in [0.2, 0.25) is 10.0 Å². The summed E-state index contributed by atoms with van der Waals surface area (Å²) in [6.07, 6.45) is 0. The highest BCUT2D eigenvalue weighted by Gasteiger charge is 2.14. The lowest BCUT2D eigenvalue weighted by Gasteiger charge is -2.09. The topological polar surface area (TPSA) is 56.8 Å². The molecule has 0 aliphatic carbocycles. The number of carbonyl (C=O) groups excluding carboxylic acids is 1. The van der Waals surface area contributed by atoms with E-state index >= 15 is 0 Å². The molecular formula is C16H13Cl2NO4. The van der Waals surface area contributed by atoms with E-state index in [4.69, 9.17) is 37.4 Å². The monoisotopic (exact) mass is 353 g/mol. The molecular weight excluding hydrogens is 341 g/mol. The van der Waals surface area contributed by atoms with E-state index < -0.39 is 0 Å². The molecule has 0 bridgehead atoms. The molecule has 3 rings (SSSR count). The molecule has 23 heavy (non-hydrogen) atoms. The van der Waals surface area contributed by atoms with Crippen LogP contribution < -0.4 is 19.5 Å². The highest BCUT2D eigenvalue weighted by Crippen LogP contribution is 2.34. The minimum atomic E-state index is -0.299. The van der Waals surface area contributed by atoms with Crippen molar-refractivity contribution in [1.82, 2.24) is 5.32 Å². The largest absolute Gasteiger partial charge is 0.492 e. The van der Waals surface area contributed by atoms with Crippen molar-refractivity contribution in [2.75, 3.05) is 19.9 Å². The lowest BCUT2D eigenvalue weighted by molar-refractivity contribution is 0.0947. The molecule has 1 aliphatic rings. The zero-order valence-corrected chi connectivity index (χ0v) is 13.5. The second kappa shape index (κ2) is 6.98. The third-order valence-corrected chi connectivity index (χ3v) is 3.74. The second-order valence-corrected chi connectivity index (χ2v) is 5.59. The van der Waals surface area contributed by atoms with Crippen LogP contribution >= 0.6 is 23.2 Å². The second-order valence-electron chi connectivity index (χ2n) is 4.74. The first-order valence-electron chi connectivity index (χ1n) is 6.89. The van der Waals surface area contributed by atoms with Gasteiger partial charge in [-0.3, -0.25) is 4.79 Å². The van der Waals surface area contributed by atoms with Gasteiger partial charge in [0.1, 0.15) is 12.4 Å². The highest BCUT2D eigenvalue weighted by molar-refractivity contribution is 6.35. The number of halogens is 2. The Morgan fingerprint density at radius 3 is 2.83 bits per heavy atom. The van der Waals surface area contributed by atoms with Crippen molar-refractivity contribution in [2.24, 2.45) is 0 Å². The van der Waals surface area contributed by atoms with Gasteiger partial charge in [-0.05, 0) is 30.3 Å². The third-order valence-electron chi connectivity index (χ3n) is 3.17. The highest BCUT2D eigenvalue weighted by atomic mass is 35.5. The quantitative estimate of drug-likeness (QED) is 0.835. The summed E-state index contributed by atoms with van der Waals surface area (Å²) in [5.74, 6) is 1.69. The fourth-order valence-electron chi connectivity index (χ4n) is 2.07. The van der Waals surface area contributed by atoms with Crippen molar-refractivity contribution >= 4 is 29.1 Å². The molecule has 1 amide bonds. The van der Waals surface area contributed by atoms with E-state index in [1.807, 2.05) is 0 Å². The standard InChI is InChI=1S/C16H13Cl2NO4/c17-10-1-3-13(18)12(7-10)16(20)19-5-6-21-11-2-4-14-15(8-11)23-9-22-14/h1-4,7-8H,5-6,9H2,(H,19,20). The van der Waals surface area contributed by atoms with Crippen LogP contribution in [0, 0.1) is 0 Å². The van der Waals surface area contributed by atoms with Crippen LogP contribution in [-0.4, -0.2) is 25.9 Å². The summed E-state index contributed by atoms with van der Waals surface area (Å²) in [6.45, 7) is 0.856. The zero-order valence-electron chi connectivity index (χ0n) is 12.0. The molecule has 0 fully saturated rings. The number of hydrogen-bond donors (Lipinski definition) is 1. The van der Waals surface area contributed by atoms with E-state index in [9.17, 15) is 4.79 Å². The Morgan fingerprint density at radius 1 is 1.13 bits per heavy atom. The third kappa shape index (κ3) is 3.81.